The largest absolute Gasteiger partial charge is 0.387 e. The van der Waals surface area contributed by atoms with Crippen molar-refractivity contribution in [2.45, 2.75) is 25.5 Å². The molecule has 2 heterocycles. The Labute approximate surface area is 139 Å². The van der Waals surface area contributed by atoms with Gasteiger partial charge in [0, 0.05) is 55.8 Å². The van der Waals surface area contributed by atoms with Crippen molar-refractivity contribution in [1.82, 2.24) is 15.3 Å². The van der Waals surface area contributed by atoms with Crippen LogP contribution in [0, 0.1) is 11.6 Å². The van der Waals surface area contributed by atoms with Crippen LogP contribution in [0.25, 0.3) is 0 Å². The smallest absolute Gasteiger partial charge is 0.225 e. The summed E-state index contributed by atoms with van der Waals surface area (Å²) < 4.78 is 26.5. The number of rotatable bonds is 6. The maximum Gasteiger partial charge on any atom is 0.225 e. The molecule has 1 aliphatic rings. The van der Waals surface area contributed by atoms with Crippen LogP contribution in [-0.2, 0) is 6.54 Å². The van der Waals surface area contributed by atoms with Gasteiger partial charge in [-0.1, -0.05) is 6.07 Å². The van der Waals surface area contributed by atoms with Crippen LogP contribution in [0.15, 0.2) is 30.6 Å². The summed E-state index contributed by atoms with van der Waals surface area (Å²) in [5, 5.41) is 13.0. The minimum Gasteiger partial charge on any atom is -0.387 e. The van der Waals surface area contributed by atoms with Crippen LogP contribution in [0.4, 0.5) is 14.7 Å². The van der Waals surface area contributed by atoms with Gasteiger partial charge in [-0.25, -0.2) is 18.7 Å². The number of hydrogen-bond acceptors (Lipinski definition) is 5. The highest BCUT2D eigenvalue weighted by Gasteiger charge is 2.15. The molecule has 0 radical (unpaired) electrons. The lowest BCUT2D eigenvalue weighted by atomic mass is 10.1. The number of benzene rings is 1. The Hall–Kier alpha value is -2.12. The quantitative estimate of drug-likeness (QED) is 0.848. The van der Waals surface area contributed by atoms with Gasteiger partial charge in [0.1, 0.15) is 11.6 Å². The van der Waals surface area contributed by atoms with Crippen LogP contribution >= 0.6 is 0 Å². The van der Waals surface area contributed by atoms with Crippen molar-refractivity contribution in [3.05, 3.63) is 53.4 Å². The number of anilines is 1. The summed E-state index contributed by atoms with van der Waals surface area (Å²) in [7, 11) is 0. The van der Waals surface area contributed by atoms with E-state index in [4.69, 9.17) is 0 Å². The Morgan fingerprint density at radius 3 is 2.54 bits per heavy atom. The zero-order chi connectivity index (χ0) is 16.9. The van der Waals surface area contributed by atoms with E-state index in [1.807, 2.05) is 0 Å². The molecular weight excluding hydrogens is 314 g/mol. The summed E-state index contributed by atoms with van der Waals surface area (Å²) >= 11 is 0. The maximum atomic E-state index is 13.6. The van der Waals surface area contributed by atoms with Crippen LogP contribution in [-0.4, -0.2) is 34.7 Å². The molecule has 128 valence electrons. The summed E-state index contributed by atoms with van der Waals surface area (Å²) in [5.74, 6) is -0.668. The van der Waals surface area contributed by atoms with Gasteiger partial charge in [0.05, 0.1) is 6.10 Å². The number of hydrogen-bond donors (Lipinski definition) is 2. The minimum atomic E-state index is -1.05. The van der Waals surface area contributed by atoms with Crippen LogP contribution in [0.1, 0.15) is 30.1 Å². The van der Waals surface area contributed by atoms with Gasteiger partial charge in [-0.15, -0.1) is 0 Å². The second kappa shape index (κ2) is 7.63. The van der Waals surface area contributed by atoms with Crippen molar-refractivity contribution in [2.75, 3.05) is 24.5 Å². The molecule has 2 N–H and O–H groups in total. The first-order chi connectivity index (χ1) is 11.6. The van der Waals surface area contributed by atoms with Gasteiger partial charge in [-0.3, -0.25) is 0 Å². The molecule has 1 aromatic carbocycles. The highest BCUT2D eigenvalue weighted by atomic mass is 19.1. The lowest BCUT2D eigenvalue weighted by Crippen LogP contribution is -2.23. The van der Waals surface area contributed by atoms with E-state index in [0.29, 0.717) is 6.54 Å². The third kappa shape index (κ3) is 4.04. The molecule has 0 spiro atoms. The van der Waals surface area contributed by atoms with E-state index in [2.05, 4.69) is 20.2 Å². The molecule has 1 saturated heterocycles. The summed E-state index contributed by atoms with van der Waals surface area (Å²) in [5.41, 5.74) is 0.953. The fraction of sp³-hybridized carbons (Fsp3) is 0.412. The molecule has 3 rings (SSSR count). The zero-order valence-electron chi connectivity index (χ0n) is 13.3. The minimum absolute atomic E-state index is 0.0736. The Balaban J connectivity index is 1.50. The molecule has 0 saturated carbocycles. The normalized spacial score (nSPS) is 15.7. The van der Waals surface area contributed by atoms with Crippen molar-refractivity contribution < 1.29 is 13.9 Å². The van der Waals surface area contributed by atoms with Crippen molar-refractivity contribution in [3.8, 4) is 0 Å². The average Bonchev–Trinajstić information content (AvgIpc) is 3.10. The first kappa shape index (κ1) is 16.7. The van der Waals surface area contributed by atoms with Gasteiger partial charge < -0.3 is 15.3 Å². The predicted octanol–water partition coefficient (Wildman–Crippen LogP) is 2.18. The van der Waals surface area contributed by atoms with Gasteiger partial charge in [0.25, 0.3) is 0 Å². The van der Waals surface area contributed by atoms with Crippen LogP contribution in [0.5, 0.6) is 0 Å². The van der Waals surface area contributed by atoms with Crippen LogP contribution in [0.2, 0.25) is 0 Å². The number of aliphatic hydroxyl groups excluding tert-OH is 1. The van der Waals surface area contributed by atoms with E-state index >= 15 is 0 Å². The molecule has 1 aliphatic heterocycles. The van der Waals surface area contributed by atoms with Crippen molar-refractivity contribution in [2.24, 2.45) is 0 Å². The first-order valence-corrected chi connectivity index (χ1v) is 8.03. The molecule has 0 aliphatic carbocycles. The third-order valence-corrected chi connectivity index (χ3v) is 4.07. The monoisotopic (exact) mass is 334 g/mol. The summed E-state index contributed by atoms with van der Waals surface area (Å²) in [6.07, 6.45) is 4.79. The Morgan fingerprint density at radius 2 is 1.88 bits per heavy atom. The van der Waals surface area contributed by atoms with Gasteiger partial charge in [0.2, 0.25) is 5.95 Å². The molecule has 1 fully saturated rings. The maximum absolute atomic E-state index is 13.6. The van der Waals surface area contributed by atoms with Crippen LogP contribution < -0.4 is 10.2 Å². The SMILES string of the molecule is OC(CNCc1cnc(N2CCCC2)nc1)c1ccc(F)cc1F. The number of aliphatic hydroxyl groups is 1. The second-order valence-corrected chi connectivity index (χ2v) is 5.90. The summed E-state index contributed by atoms with van der Waals surface area (Å²) in [6, 6.07) is 3.15. The Bertz CT molecular complexity index is 675. The van der Waals surface area contributed by atoms with E-state index < -0.39 is 17.7 Å². The Kier molecular flexibility index (Phi) is 5.32. The average molecular weight is 334 g/mol. The van der Waals surface area contributed by atoms with Crippen molar-refractivity contribution >= 4 is 5.95 Å². The molecular formula is C17H20F2N4O. The summed E-state index contributed by atoms with van der Waals surface area (Å²) in [6.45, 7) is 2.59. The van der Waals surface area contributed by atoms with Crippen molar-refractivity contribution in [1.29, 1.82) is 0 Å². The lowest BCUT2D eigenvalue weighted by Gasteiger charge is -2.15. The number of nitrogens with zero attached hydrogens (tertiary/aromatic N) is 3. The van der Waals surface area contributed by atoms with E-state index in [0.717, 1.165) is 36.7 Å². The van der Waals surface area contributed by atoms with Gasteiger partial charge in [-0.05, 0) is 18.9 Å². The number of nitrogens with one attached hydrogen (secondary N) is 1. The molecule has 5 nitrogen and oxygen atoms in total. The number of aromatic nitrogens is 2. The fourth-order valence-corrected chi connectivity index (χ4v) is 2.75. The molecule has 2 aromatic rings. The second-order valence-electron chi connectivity index (χ2n) is 5.90. The predicted molar refractivity (Wildman–Crippen MR) is 86.5 cm³/mol. The van der Waals surface area contributed by atoms with Gasteiger partial charge >= 0.3 is 0 Å². The third-order valence-electron chi connectivity index (χ3n) is 4.07. The standard InChI is InChI=1S/C17H20F2N4O/c18-13-3-4-14(15(19)7-13)16(24)11-20-8-12-9-21-17(22-10-12)23-5-1-2-6-23/h3-4,7,9-10,16,20,24H,1-2,5-6,8,11H2. The lowest BCUT2D eigenvalue weighted by molar-refractivity contribution is 0.169. The van der Waals surface area contributed by atoms with E-state index in [1.165, 1.54) is 18.9 Å². The molecule has 7 heteroatoms. The molecule has 1 unspecified atom stereocenters. The topological polar surface area (TPSA) is 61.3 Å². The highest BCUT2D eigenvalue weighted by Crippen LogP contribution is 2.18. The molecule has 1 aromatic heterocycles. The van der Waals surface area contributed by atoms with E-state index in [-0.39, 0.29) is 12.1 Å². The molecule has 0 amide bonds. The highest BCUT2D eigenvalue weighted by molar-refractivity contribution is 5.31. The molecule has 24 heavy (non-hydrogen) atoms. The zero-order valence-corrected chi connectivity index (χ0v) is 13.3. The van der Waals surface area contributed by atoms with Gasteiger partial charge in [0.15, 0.2) is 0 Å². The van der Waals surface area contributed by atoms with E-state index in [1.54, 1.807) is 12.4 Å². The Morgan fingerprint density at radius 1 is 1.17 bits per heavy atom. The molecule has 1 atom stereocenters. The van der Waals surface area contributed by atoms with Crippen LogP contribution in [0.3, 0.4) is 0 Å². The number of halogens is 2. The molecule has 0 bridgehead atoms. The fourth-order valence-electron chi connectivity index (χ4n) is 2.75. The van der Waals surface area contributed by atoms with E-state index in [9.17, 15) is 13.9 Å². The summed E-state index contributed by atoms with van der Waals surface area (Å²) in [4.78, 5) is 10.9. The van der Waals surface area contributed by atoms with Crippen molar-refractivity contribution in [3.63, 3.8) is 0 Å². The first-order valence-electron chi connectivity index (χ1n) is 8.03. The van der Waals surface area contributed by atoms with Gasteiger partial charge in [-0.2, -0.15) is 0 Å².